The van der Waals surface area contributed by atoms with E-state index in [4.69, 9.17) is 9.47 Å². The van der Waals surface area contributed by atoms with Crippen LogP contribution in [0.15, 0.2) is 18.2 Å². The molecule has 0 aromatic heterocycles. The van der Waals surface area contributed by atoms with E-state index in [1.54, 1.807) is 57.7 Å². The van der Waals surface area contributed by atoms with Crippen LogP contribution in [0.25, 0.3) is 0 Å². The maximum absolute atomic E-state index is 13.1. The number of carbonyl (C=O) groups is 2. The molecule has 3 rings (SSSR count). The van der Waals surface area contributed by atoms with Gasteiger partial charge in [0.25, 0.3) is 0 Å². The van der Waals surface area contributed by atoms with E-state index >= 15 is 0 Å². The fourth-order valence-electron chi connectivity index (χ4n) is 3.98. The Kier molecular flexibility index (Phi) is 6.19. The van der Waals surface area contributed by atoms with Crippen LogP contribution < -0.4 is 10.1 Å². The Morgan fingerprint density at radius 1 is 1.35 bits per heavy atom. The summed E-state index contributed by atoms with van der Waals surface area (Å²) in [6.45, 7) is 9.72. The van der Waals surface area contributed by atoms with E-state index in [0.29, 0.717) is 36.3 Å². The number of benzene rings is 1. The fourth-order valence-corrected chi connectivity index (χ4v) is 3.98. The number of amides is 2. The number of likely N-dealkylation sites (tertiary alicyclic amines) is 1. The molecule has 2 N–H and O–H groups in total. The second-order valence-electron chi connectivity index (χ2n) is 9.77. The molecule has 1 fully saturated rings. The monoisotopic (exact) mass is 429 g/mol. The van der Waals surface area contributed by atoms with Crippen molar-refractivity contribution in [2.75, 3.05) is 13.1 Å². The first-order chi connectivity index (χ1) is 14.4. The number of fused-ring (bicyclic) bond motifs is 1. The van der Waals surface area contributed by atoms with Crippen molar-refractivity contribution in [3.63, 3.8) is 0 Å². The molecule has 2 heterocycles. The zero-order valence-electron chi connectivity index (χ0n) is 18.8. The molecule has 2 amide bonds. The summed E-state index contributed by atoms with van der Waals surface area (Å²) in [6, 6.07) is 6.32. The zero-order valence-corrected chi connectivity index (χ0v) is 18.8. The minimum atomic E-state index is -1.01. The SMILES string of the molecule is CC(C)(C)OC(=O)N1CCCC(C(=O)NC2c3cc(C#N)ccc3OC(C)(C)C2O)C1. The minimum absolute atomic E-state index is 0.247. The highest BCUT2D eigenvalue weighted by atomic mass is 16.6. The minimum Gasteiger partial charge on any atom is -0.485 e. The van der Waals surface area contributed by atoms with Gasteiger partial charge in [-0.2, -0.15) is 5.26 Å². The summed E-state index contributed by atoms with van der Waals surface area (Å²) >= 11 is 0. The summed E-state index contributed by atoms with van der Waals surface area (Å²) in [5.41, 5.74) is -0.540. The molecular formula is C23H31N3O5. The van der Waals surface area contributed by atoms with Crippen LogP contribution in [-0.4, -0.2) is 52.4 Å². The molecule has 8 nitrogen and oxygen atoms in total. The van der Waals surface area contributed by atoms with Crippen molar-refractivity contribution in [2.45, 2.75) is 70.8 Å². The second kappa shape index (κ2) is 8.39. The van der Waals surface area contributed by atoms with Crippen LogP contribution in [-0.2, 0) is 9.53 Å². The van der Waals surface area contributed by atoms with E-state index in [-0.39, 0.29) is 12.5 Å². The summed E-state index contributed by atoms with van der Waals surface area (Å²) in [5, 5.41) is 23.1. The normalized spacial score (nSPS) is 24.9. The molecule has 0 saturated carbocycles. The summed E-state index contributed by atoms with van der Waals surface area (Å²) in [4.78, 5) is 27.1. The summed E-state index contributed by atoms with van der Waals surface area (Å²) in [6.07, 6.45) is -0.113. The highest BCUT2D eigenvalue weighted by Crippen LogP contribution is 2.40. The Morgan fingerprint density at radius 3 is 2.71 bits per heavy atom. The second-order valence-corrected chi connectivity index (χ2v) is 9.77. The molecule has 3 unspecified atom stereocenters. The molecule has 168 valence electrons. The van der Waals surface area contributed by atoms with Gasteiger partial charge in [0.15, 0.2) is 0 Å². The number of nitrogens with one attached hydrogen (secondary N) is 1. The van der Waals surface area contributed by atoms with Gasteiger partial charge in [0, 0.05) is 18.7 Å². The van der Waals surface area contributed by atoms with Crippen molar-refractivity contribution < 1.29 is 24.2 Å². The number of carbonyl (C=O) groups excluding carboxylic acids is 2. The van der Waals surface area contributed by atoms with Crippen molar-refractivity contribution >= 4 is 12.0 Å². The van der Waals surface area contributed by atoms with Gasteiger partial charge in [-0.15, -0.1) is 0 Å². The zero-order chi connectivity index (χ0) is 23.0. The average Bonchev–Trinajstić information content (AvgIpc) is 2.69. The molecule has 0 spiro atoms. The highest BCUT2D eigenvalue weighted by Gasteiger charge is 2.44. The Balaban J connectivity index is 1.77. The van der Waals surface area contributed by atoms with E-state index in [1.807, 2.05) is 0 Å². The molecule has 31 heavy (non-hydrogen) atoms. The van der Waals surface area contributed by atoms with Crippen molar-refractivity contribution in [1.82, 2.24) is 10.2 Å². The van der Waals surface area contributed by atoms with Crippen LogP contribution in [0, 0.1) is 17.2 Å². The molecule has 8 heteroatoms. The number of hydrogen-bond acceptors (Lipinski definition) is 6. The van der Waals surface area contributed by atoms with E-state index in [0.717, 1.165) is 0 Å². The topological polar surface area (TPSA) is 112 Å². The predicted octanol–water partition coefficient (Wildman–Crippen LogP) is 2.89. The van der Waals surface area contributed by atoms with Crippen LogP contribution in [0.5, 0.6) is 5.75 Å². The third-order valence-corrected chi connectivity index (χ3v) is 5.62. The molecule has 1 aromatic carbocycles. The smallest absolute Gasteiger partial charge is 0.410 e. The lowest BCUT2D eigenvalue weighted by Crippen LogP contribution is -2.55. The van der Waals surface area contributed by atoms with Crippen LogP contribution in [0.2, 0.25) is 0 Å². The van der Waals surface area contributed by atoms with Gasteiger partial charge in [-0.1, -0.05) is 0 Å². The molecule has 0 bridgehead atoms. The molecule has 1 saturated heterocycles. The van der Waals surface area contributed by atoms with E-state index < -0.39 is 35.4 Å². The summed E-state index contributed by atoms with van der Waals surface area (Å²) < 4.78 is 11.3. The maximum atomic E-state index is 13.1. The van der Waals surface area contributed by atoms with E-state index in [2.05, 4.69) is 11.4 Å². The molecule has 3 atom stereocenters. The first-order valence-corrected chi connectivity index (χ1v) is 10.6. The van der Waals surface area contributed by atoms with Gasteiger partial charge >= 0.3 is 6.09 Å². The number of rotatable bonds is 2. The Labute approximate surface area is 183 Å². The number of piperidine rings is 1. The number of aliphatic hydroxyl groups is 1. The Morgan fingerprint density at radius 2 is 2.06 bits per heavy atom. The van der Waals surface area contributed by atoms with Gasteiger partial charge in [0.05, 0.1) is 23.6 Å². The standard InChI is InChI=1S/C23H31N3O5/c1-22(2,3)31-21(29)26-10-6-7-15(13-26)20(28)25-18-16-11-14(12-24)8-9-17(16)30-23(4,5)19(18)27/h8-9,11,15,18-19,27H,6-7,10,13H2,1-5H3,(H,25,28). The van der Waals surface area contributed by atoms with Crippen molar-refractivity contribution in [1.29, 1.82) is 5.26 Å². The number of hydrogen-bond donors (Lipinski definition) is 2. The average molecular weight is 430 g/mol. The van der Waals surface area contributed by atoms with Crippen LogP contribution in [0.1, 0.15) is 64.6 Å². The lowest BCUT2D eigenvalue weighted by Gasteiger charge is -2.43. The van der Waals surface area contributed by atoms with Crippen LogP contribution in [0.4, 0.5) is 4.79 Å². The van der Waals surface area contributed by atoms with Crippen LogP contribution >= 0.6 is 0 Å². The number of nitrogens with zero attached hydrogens (tertiary/aromatic N) is 2. The molecular weight excluding hydrogens is 398 g/mol. The van der Waals surface area contributed by atoms with Crippen LogP contribution in [0.3, 0.4) is 0 Å². The number of aliphatic hydroxyl groups excluding tert-OH is 1. The lowest BCUT2D eigenvalue weighted by atomic mass is 9.85. The first kappa shape index (κ1) is 22.9. The van der Waals surface area contributed by atoms with Crippen molar-refractivity contribution in [3.05, 3.63) is 29.3 Å². The first-order valence-electron chi connectivity index (χ1n) is 10.6. The Hall–Kier alpha value is -2.79. The van der Waals surface area contributed by atoms with E-state index in [1.165, 1.54) is 0 Å². The quantitative estimate of drug-likeness (QED) is 0.748. The van der Waals surface area contributed by atoms with Crippen molar-refractivity contribution in [3.8, 4) is 11.8 Å². The van der Waals surface area contributed by atoms with Gasteiger partial charge in [-0.3, -0.25) is 4.79 Å². The molecule has 0 radical (unpaired) electrons. The van der Waals surface area contributed by atoms with Gasteiger partial charge < -0.3 is 24.8 Å². The summed E-state index contributed by atoms with van der Waals surface area (Å²) in [5.74, 6) is -0.135. The molecule has 0 aliphatic carbocycles. The molecule has 1 aromatic rings. The van der Waals surface area contributed by atoms with Gasteiger partial charge in [-0.25, -0.2) is 4.79 Å². The largest absolute Gasteiger partial charge is 0.485 e. The summed E-state index contributed by atoms with van der Waals surface area (Å²) in [7, 11) is 0. The Bertz CT molecular complexity index is 899. The van der Waals surface area contributed by atoms with Crippen molar-refractivity contribution in [2.24, 2.45) is 5.92 Å². The number of ether oxygens (including phenoxy) is 2. The van der Waals surface area contributed by atoms with Gasteiger partial charge in [0.1, 0.15) is 23.1 Å². The molecule has 2 aliphatic rings. The maximum Gasteiger partial charge on any atom is 0.410 e. The number of nitriles is 1. The van der Waals surface area contributed by atoms with Gasteiger partial charge in [-0.05, 0) is 65.7 Å². The molecule has 2 aliphatic heterocycles. The van der Waals surface area contributed by atoms with Gasteiger partial charge in [0.2, 0.25) is 5.91 Å². The third-order valence-electron chi connectivity index (χ3n) is 5.62. The lowest BCUT2D eigenvalue weighted by molar-refractivity contribution is -0.131. The third kappa shape index (κ3) is 5.10. The fraction of sp³-hybridized carbons (Fsp3) is 0.609. The van der Waals surface area contributed by atoms with E-state index in [9.17, 15) is 20.0 Å². The highest BCUT2D eigenvalue weighted by molar-refractivity contribution is 5.80. The predicted molar refractivity (Wildman–Crippen MR) is 113 cm³/mol.